The van der Waals surface area contributed by atoms with E-state index in [1.54, 1.807) is 32.9 Å². The highest BCUT2D eigenvalue weighted by molar-refractivity contribution is 6.01. The van der Waals surface area contributed by atoms with Crippen LogP contribution in [0.4, 0.5) is 4.39 Å². The van der Waals surface area contributed by atoms with Gasteiger partial charge in [0, 0.05) is 17.5 Å². The molecule has 164 valence electrons. The number of carbonyl (C=O) groups excluding carboxylic acids is 3. The number of fused-ring (bicyclic) bond motifs is 1. The quantitative estimate of drug-likeness (QED) is 0.689. The SMILES string of the molecule is CC(C)(C)OC(=O)CCC(C(N)=O)N1Cc2c(ccc(C3CCNCC3)c2F)C1=O. The second-order valence-electron chi connectivity index (χ2n) is 9.00. The van der Waals surface area contributed by atoms with Crippen molar-refractivity contribution in [2.45, 2.75) is 70.6 Å². The molecule has 1 unspecified atom stereocenters. The van der Waals surface area contributed by atoms with Crippen LogP contribution in [0, 0.1) is 5.82 Å². The molecule has 0 aromatic heterocycles. The molecule has 0 bridgehead atoms. The predicted molar refractivity (Wildman–Crippen MR) is 109 cm³/mol. The van der Waals surface area contributed by atoms with Crippen LogP contribution >= 0.6 is 0 Å². The smallest absolute Gasteiger partial charge is 0.306 e. The average molecular weight is 419 g/mol. The van der Waals surface area contributed by atoms with E-state index in [2.05, 4.69) is 5.32 Å². The van der Waals surface area contributed by atoms with Crippen LogP contribution in [0.25, 0.3) is 0 Å². The van der Waals surface area contributed by atoms with E-state index in [1.165, 1.54) is 4.90 Å². The Hall–Kier alpha value is -2.48. The molecule has 1 aromatic carbocycles. The number of benzene rings is 1. The molecule has 30 heavy (non-hydrogen) atoms. The number of nitrogens with one attached hydrogen (secondary N) is 1. The minimum absolute atomic E-state index is 0.0270. The van der Waals surface area contributed by atoms with E-state index in [0.29, 0.717) is 11.1 Å². The van der Waals surface area contributed by atoms with Crippen LogP contribution in [0.1, 0.15) is 73.9 Å². The number of ether oxygens (including phenoxy) is 1. The van der Waals surface area contributed by atoms with E-state index < -0.39 is 29.4 Å². The van der Waals surface area contributed by atoms with Crippen LogP contribution in [-0.4, -0.2) is 47.4 Å². The van der Waals surface area contributed by atoms with Gasteiger partial charge in [-0.25, -0.2) is 4.39 Å². The molecule has 2 aliphatic heterocycles. The lowest BCUT2D eigenvalue weighted by Crippen LogP contribution is -2.45. The highest BCUT2D eigenvalue weighted by Gasteiger charge is 2.38. The lowest BCUT2D eigenvalue weighted by Gasteiger charge is -2.26. The summed E-state index contributed by atoms with van der Waals surface area (Å²) in [5.74, 6) is -1.89. The van der Waals surface area contributed by atoms with Gasteiger partial charge in [-0.3, -0.25) is 14.4 Å². The monoisotopic (exact) mass is 419 g/mol. The van der Waals surface area contributed by atoms with E-state index in [1.807, 2.05) is 0 Å². The maximum absolute atomic E-state index is 15.3. The van der Waals surface area contributed by atoms with Crippen molar-refractivity contribution in [3.63, 3.8) is 0 Å². The number of nitrogens with two attached hydrogens (primary N) is 1. The van der Waals surface area contributed by atoms with Gasteiger partial charge in [-0.15, -0.1) is 0 Å². The Morgan fingerprint density at radius 2 is 1.97 bits per heavy atom. The highest BCUT2D eigenvalue weighted by atomic mass is 19.1. The summed E-state index contributed by atoms with van der Waals surface area (Å²) < 4.78 is 20.5. The number of carbonyl (C=O) groups is 3. The van der Waals surface area contributed by atoms with E-state index in [9.17, 15) is 14.4 Å². The molecule has 1 atom stereocenters. The van der Waals surface area contributed by atoms with E-state index in [-0.39, 0.29) is 36.7 Å². The molecular weight excluding hydrogens is 389 g/mol. The summed E-state index contributed by atoms with van der Waals surface area (Å²) in [6.07, 6.45) is 1.65. The number of esters is 1. The normalized spacial score (nSPS) is 18.3. The maximum atomic E-state index is 15.3. The molecule has 0 radical (unpaired) electrons. The summed E-state index contributed by atoms with van der Waals surface area (Å²) in [7, 11) is 0. The van der Waals surface area contributed by atoms with Crippen LogP contribution < -0.4 is 11.1 Å². The number of piperidine rings is 1. The van der Waals surface area contributed by atoms with Gasteiger partial charge in [0.2, 0.25) is 5.91 Å². The molecule has 1 saturated heterocycles. The summed E-state index contributed by atoms with van der Waals surface area (Å²) in [5, 5.41) is 3.26. The first-order chi connectivity index (χ1) is 14.1. The summed E-state index contributed by atoms with van der Waals surface area (Å²) in [5.41, 5.74) is 6.06. The largest absolute Gasteiger partial charge is 0.460 e. The lowest BCUT2D eigenvalue weighted by molar-refractivity contribution is -0.155. The maximum Gasteiger partial charge on any atom is 0.306 e. The zero-order valence-electron chi connectivity index (χ0n) is 17.8. The average Bonchev–Trinajstić information content (AvgIpc) is 2.99. The molecule has 8 heteroatoms. The Kier molecular flexibility index (Phi) is 6.45. The molecule has 2 amide bonds. The topological polar surface area (TPSA) is 102 Å². The van der Waals surface area contributed by atoms with Crippen molar-refractivity contribution in [2.24, 2.45) is 5.73 Å². The fourth-order valence-corrected chi connectivity index (χ4v) is 4.19. The second kappa shape index (κ2) is 8.71. The van der Waals surface area contributed by atoms with Crippen molar-refractivity contribution >= 4 is 17.8 Å². The molecular formula is C22H30FN3O4. The standard InChI is InChI=1S/C22H30FN3O4/c1-22(2,3)30-18(27)7-6-17(20(24)28)26-12-16-15(21(26)29)5-4-14(19(16)23)13-8-10-25-11-9-13/h4-5,13,17,25H,6-12H2,1-3H3,(H2,24,28). The number of primary amides is 1. The zero-order chi connectivity index (χ0) is 22.1. The van der Waals surface area contributed by atoms with Gasteiger partial charge in [-0.1, -0.05) is 6.07 Å². The number of nitrogens with zero attached hydrogens (tertiary/aromatic N) is 1. The van der Waals surface area contributed by atoms with Gasteiger partial charge in [0.15, 0.2) is 0 Å². The number of hydrogen-bond acceptors (Lipinski definition) is 5. The first-order valence-electron chi connectivity index (χ1n) is 10.4. The van der Waals surface area contributed by atoms with Crippen molar-refractivity contribution in [1.82, 2.24) is 10.2 Å². The highest BCUT2D eigenvalue weighted by Crippen LogP contribution is 2.35. The lowest BCUT2D eigenvalue weighted by atomic mass is 9.88. The van der Waals surface area contributed by atoms with Crippen molar-refractivity contribution in [3.8, 4) is 0 Å². The fourth-order valence-electron chi connectivity index (χ4n) is 4.19. The summed E-state index contributed by atoms with van der Waals surface area (Å²) in [6, 6.07) is 2.33. The minimum atomic E-state index is -1.00. The van der Waals surface area contributed by atoms with Crippen molar-refractivity contribution in [1.29, 1.82) is 0 Å². The van der Waals surface area contributed by atoms with Gasteiger partial charge in [0.1, 0.15) is 17.5 Å². The predicted octanol–water partition coefficient (Wildman–Crippen LogP) is 2.22. The van der Waals surface area contributed by atoms with Crippen LogP contribution in [0.15, 0.2) is 12.1 Å². The van der Waals surface area contributed by atoms with Crippen molar-refractivity contribution in [3.05, 3.63) is 34.6 Å². The first kappa shape index (κ1) is 22.2. The molecule has 3 N–H and O–H groups in total. The van der Waals surface area contributed by atoms with Crippen LogP contribution in [-0.2, 0) is 20.9 Å². The van der Waals surface area contributed by atoms with Gasteiger partial charge < -0.3 is 20.7 Å². The fraction of sp³-hybridized carbons (Fsp3) is 0.591. The van der Waals surface area contributed by atoms with Gasteiger partial charge in [0.25, 0.3) is 5.91 Å². The summed E-state index contributed by atoms with van der Waals surface area (Å²) in [6.45, 7) is 6.89. The number of halogens is 1. The van der Waals surface area contributed by atoms with E-state index in [0.717, 1.165) is 25.9 Å². The Balaban J connectivity index is 1.76. The third-order valence-corrected chi connectivity index (χ3v) is 5.62. The molecule has 0 spiro atoms. The van der Waals surface area contributed by atoms with Gasteiger partial charge >= 0.3 is 5.97 Å². The zero-order valence-corrected chi connectivity index (χ0v) is 17.8. The minimum Gasteiger partial charge on any atom is -0.460 e. The van der Waals surface area contributed by atoms with Crippen molar-refractivity contribution in [2.75, 3.05) is 13.1 Å². The molecule has 7 nitrogen and oxygen atoms in total. The van der Waals surface area contributed by atoms with E-state index in [4.69, 9.17) is 10.5 Å². The molecule has 0 aliphatic carbocycles. The van der Waals surface area contributed by atoms with Gasteiger partial charge in [-0.05, 0) is 70.7 Å². The molecule has 2 heterocycles. The summed E-state index contributed by atoms with van der Waals surface area (Å²) in [4.78, 5) is 38.2. The number of hydrogen-bond donors (Lipinski definition) is 2. The van der Waals surface area contributed by atoms with Crippen LogP contribution in [0.2, 0.25) is 0 Å². The number of amides is 2. The van der Waals surface area contributed by atoms with Crippen molar-refractivity contribution < 1.29 is 23.5 Å². The third kappa shape index (κ3) is 4.80. The van der Waals surface area contributed by atoms with Crippen LogP contribution in [0.5, 0.6) is 0 Å². The molecule has 1 aromatic rings. The summed E-state index contributed by atoms with van der Waals surface area (Å²) >= 11 is 0. The Bertz CT molecular complexity index is 844. The van der Waals surface area contributed by atoms with Gasteiger partial charge in [-0.2, -0.15) is 0 Å². The Labute approximate surface area is 176 Å². The van der Waals surface area contributed by atoms with Crippen LogP contribution in [0.3, 0.4) is 0 Å². The number of rotatable bonds is 6. The van der Waals surface area contributed by atoms with E-state index >= 15 is 4.39 Å². The molecule has 3 rings (SSSR count). The Morgan fingerprint density at radius 1 is 1.30 bits per heavy atom. The Morgan fingerprint density at radius 3 is 2.57 bits per heavy atom. The molecule has 1 fully saturated rings. The third-order valence-electron chi connectivity index (χ3n) is 5.62. The second-order valence-corrected chi connectivity index (χ2v) is 9.00. The molecule has 0 saturated carbocycles. The van der Waals surface area contributed by atoms with Gasteiger partial charge in [0.05, 0.1) is 6.54 Å². The molecule has 2 aliphatic rings. The first-order valence-corrected chi connectivity index (χ1v) is 10.4.